The molecule has 1 aromatic rings. The molecular weight excluding hydrogens is 291 g/mol. The Morgan fingerprint density at radius 2 is 2.05 bits per heavy atom. The standard InChI is InChI=1S/C10H12O4P.C4H6N2/c1-15(12)13-8-7-10(11)14-9-5-3-2-4-6-9;1-6-3-2-5-4-6/h2-6H,7-8H2,1H3;2-4H,1H3/q+1;/p+1. The Balaban J connectivity index is 0.000000304. The van der Waals surface area contributed by atoms with Gasteiger partial charge in [0, 0.05) is 0 Å². The number of carbonyl (C=O) groups is 1. The average molecular weight is 310 g/mol. The summed E-state index contributed by atoms with van der Waals surface area (Å²) in [6.45, 7) is 1.56. The van der Waals surface area contributed by atoms with E-state index in [0.717, 1.165) is 0 Å². The summed E-state index contributed by atoms with van der Waals surface area (Å²) in [7, 11) is 0.373. The van der Waals surface area contributed by atoms with Gasteiger partial charge in [-0.2, -0.15) is 0 Å². The van der Waals surface area contributed by atoms with Crippen molar-refractivity contribution in [3.05, 3.63) is 42.7 Å². The molecule has 0 spiro atoms. The van der Waals surface area contributed by atoms with Crippen molar-refractivity contribution in [3.8, 4) is 5.75 Å². The van der Waals surface area contributed by atoms with E-state index in [1.54, 1.807) is 30.5 Å². The first-order valence-electron chi connectivity index (χ1n) is 6.40. The number of nitrogens with one attached hydrogen (secondary N) is 1. The van der Waals surface area contributed by atoms with E-state index in [9.17, 15) is 9.36 Å². The molecule has 0 aliphatic carbocycles. The summed E-state index contributed by atoms with van der Waals surface area (Å²) in [5.41, 5.74) is 0. The summed E-state index contributed by atoms with van der Waals surface area (Å²) >= 11 is 0. The molecule has 0 radical (unpaired) electrons. The maximum absolute atomic E-state index is 11.2. The topological polar surface area (TPSA) is 69.4 Å². The van der Waals surface area contributed by atoms with E-state index in [2.05, 4.69) is 4.99 Å². The number of nitrogens with zero attached hydrogens (tertiary/aromatic N) is 1. The van der Waals surface area contributed by atoms with Gasteiger partial charge < -0.3 is 4.74 Å². The van der Waals surface area contributed by atoms with E-state index < -0.39 is 14.0 Å². The van der Waals surface area contributed by atoms with Gasteiger partial charge in [-0.3, -0.25) is 9.69 Å². The first-order valence-corrected chi connectivity index (χ1v) is 8.03. The van der Waals surface area contributed by atoms with Gasteiger partial charge in [-0.1, -0.05) is 18.2 Å². The lowest BCUT2D eigenvalue weighted by molar-refractivity contribution is -0.709. The van der Waals surface area contributed by atoms with Crippen molar-refractivity contribution in [2.24, 2.45) is 4.99 Å². The van der Waals surface area contributed by atoms with Crippen LogP contribution in [-0.2, 0) is 13.9 Å². The molecular formula is C14H19N2O4P+2. The smallest absolute Gasteiger partial charge is 0.426 e. The van der Waals surface area contributed by atoms with E-state index in [4.69, 9.17) is 9.26 Å². The van der Waals surface area contributed by atoms with Gasteiger partial charge >= 0.3 is 14.0 Å². The van der Waals surface area contributed by atoms with Crippen LogP contribution >= 0.6 is 8.03 Å². The maximum atomic E-state index is 11.2. The van der Waals surface area contributed by atoms with Crippen LogP contribution in [0.2, 0.25) is 0 Å². The molecule has 0 bridgehead atoms. The summed E-state index contributed by atoms with van der Waals surface area (Å²) in [4.78, 5) is 16.3. The van der Waals surface area contributed by atoms with Crippen LogP contribution in [0.4, 0.5) is 0 Å². The summed E-state index contributed by atoms with van der Waals surface area (Å²) in [5, 5.41) is 0. The second kappa shape index (κ2) is 9.94. The molecule has 21 heavy (non-hydrogen) atoms. The van der Waals surface area contributed by atoms with Crippen LogP contribution in [0, 0.1) is 0 Å². The average Bonchev–Trinajstić information content (AvgIpc) is 2.91. The van der Waals surface area contributed by atoms with Crippen molar-refractivity contribution in [2.75, 3.05) is 20.3 Å². The zero-order valence-electron chi connectivity index (χ0n) is 12.1. The highest BCUT2D eigenvalue weighted by Gasteiger charge is 2.10. The fourth-order valence-corrected chi connectivity index (χ4v) is 1.64. The van der Waals surface area contributed by atoms with E-state index in [-0.39, 0.29) is 13.0 Å². The van der Waals surface area contributed by atoms with Crippen molar-refractivity contribution in [1.29, 1.82) is 0 Å². The van der Waals surface area contributed by atoms with Crippen LogP contribution in [0.5, 0.6) is 5.75 Å². The molecule has 0 aromatic heterocycles. The number of rotatable bonds is 5. The second-order valence-electron chi connectivity index (χ2n) is 4.15. The van der Waals surface area contributed by atoms with Gasteiger partial charge in [0.1, 0.15) is 18.6 Å². The minimum absolute atomic E-state index is 0.101. The van der Waals surface area contributed by atoms with Gasteiger partial charge in [-0.05, 0) is 16.7 Å². The lowest BCUT2D eigenvalue weighted by Gasteiger charge is -2.01. The molecule has 1 N–H and O–H groups in total. The number of quaternary nitrogens is 1. The number of hydrogen-bond acceptors (Lipinski definition) is 5. The van der Waals surface area contributed by atoms with Crippen molar-refractivity contribution in [2.45, 2.75) is 6.42 Å². The van der Waals surface area contributed by atoms with Gasteiger partial charge in [0.2, 0.25) is 0 Å². The van der Waals surface area contributed by atoms with Crippen LogP contribution in [0.1, 0.15) is 6.42 Å². The van der Waals surface area contributed by atoms with Gasteiger partial charge in [-0.25, -0.2) is 4.99 Å². The normalized spacial score (nSPS) is 16.1. The lowest BCUT2D eigenvalue weighted by atomic mass is 10.3. The van der Waals surface area contributed by atoms with Crippen molar-refractivity contribution in [1.82, 2.24) is 0 Å². The molecule has 0 fully saturated rings. The fourth-order valence-electron chi connectivity index (χ4n) is 1.29. The van der Waals surface area contributed by atoms with Crippen molar-refractivity contribution < 1.29 is 23.5 Å². The molecule has 0 saturated heterocycles. The molecule has 0 amide bonds. The van der Waals surface area contributed by atoms with Gasteiger partial charge in [0.25, 0.3) is 0 Å². The minimum Gasteiger partial charge on any atom is -0.426 e. The van der Waals surface area contributed by atoms with E-state index in [1.807, 2.05) is 25.7 Å². The molecule has 6 nitrogen and oxygen atoms in total. The maximum Gasteiger partial charge on any atom is 0.504 e. The van der Waals surface area contributed by atoms with E-state index >= 15 is 0 Å². The quantitative estimate of drug-likeness (QED) is 0.507. The van der Waals surface area contributed by atoms with Gasteiger partial charge in [0.15, 0.2) is 13.0 Å². The first-order chi connectivity index (χ1) is 10.1. The third kappa shape index (κ3) is 8.81. The highest BCUT2D eigenvalue weighted by Crippen LogP contribution is 2.15. The third-order valence-electron chi connectivity index (χ3n) is 2.26. The van der Waals surface area contributed by atoms with Crippen LogP contribution < -0.4 is 9.64 Å². The molecule has 2 unspecified atom stereocenters. The number of esters is 1. The number of para-hydroxylation sites is 1. The summed E-state index contributed by atoms with van der Waals surface area (Å²) in [6, 6.07) is 8.78. The van der Waals surface area contributed by atoms with Crippen LogP contribution in [0.3, 0.4) is 0 Å². The Morgan fingerprint density at radius 3 is 2.52 bits per heavy atom. The van der Waals surface area contributed by atoms with Crippen LogP contribution in [-0.4, -0.2) is 32.6 Å². The van der Waals surface area contributed by atoms with Gasteiger partial charge in [0.05, 0.1) is 19.7 Å². The highest BCUT2D eigenvalue weighted by atomic mass is 31.1. The molecule has 1 heterocycles. The van der Waals surface area contributed by atoms with Crippen LogP contribution in [0.25, 0.3) is 0 Å². The zero-order chi connectivity index (χ0) is 15.5. The molecule has 1 aliphatic heterocycles. The lowest BCUT2D eigenvalue weighted by Crippen LogP contribution is -3.01. The van der Waals surface area contributed by atoms with Crippen molar-refractivity contribution in [3.63, 3.8) is 0 Å². The Hall–Kier alpha value is -1.88. The predicted octanol–water partition coefficient (Wildman–Crippen LogP) is 1.39. The van der Waals surface area contributed by atoms with Crippen molar-refractivity contribution >= 4 is 20.3 Å². The molecule has 0 saturated carbocycles. The molecule has 1 aromatic carbocycles. The number of benzene rings is 1. The zero-order valence-corrected chi connectivity index (χ0v) is 13.0. The SMILES string of the molecule is C[NH+]1C=CN=C1.C[P+](=O)OCCC(=O)Oc1ccccc1. The third-order valence-corrected chi connectivity index (χ3v) is 2.80. The van der Waals surface area contributed by atoms with E-state index in [0.29, 0.717) is 5.75 Å². The number of hydrogen-bond donors (Lipinski definition) is 1. The Labute approximate surface area is 124 Å². The summed E-state index contributed by atoms with van der Waals surface area (Å²) < 4.78 is 20.3. The Bertz CT molecular complexity index is 505. The summed E-state index contributed by atoms with van der Waals surface area (Å²) in [5.74, 6) is 0.112. The Kier molecular flexibility index (Phi) is 8.12. The Morgan fingerprint density at radius 1 is 1.33 bits per heavy atom. The molecule has 7 heteroatoms. The number of aliphatic imine (C=N–C) groups is 1. The van der Waals surface area contributed by atoms with Crippen LogP contribution in [0.15, 0.2) is 47.7 Å². The largest absolute Gasteiger partial charge is 0.504 e. The first kappa shape index (κ1) is 17.2. The molecule has 1 aliphatic rings. The monoisotopic (exact) mass is 310 g/mol. The predicted molar refractivity (Wildman–Crippen MR) is 80.7 cm³/mol. The fraction of sp³-hybridized carbons (Fsp3) is 0.286. The van der Waals surface area contributed by atoms with Gasteiger partial charge in [-0.15, -0.1) is 4.52 Å². The summed E-state index contributed by atoms with van der Waals surface area (Å²) in [6.07, 6.45) is 5.69. The molecule has 2 rings (SSSR count). The molecule has 112 valence electrons. The highest BCUT2D eigenvalue weighted by molar-refractivity contribution is 7.38. The number of carbonyl (C=O) groups excluding carboxylic acids is 1. The van der Waals surface area contributed by atoms with E-state index in [1.165, 1.54) is 11.6 Å². The minimum atomic E-state index is -1.65. The molecule has 2 atom stereocenters. The second-order valence-corrected chi connectivity index (χ2v) is 5.29. The number of ether oxygens (including phenoxy) is 1.